The topological polar surface area (TPSA) is 30.5 Å². The number of thiophene rings is 1. The second-order valence-electron chi connectivity index (χ2n) is 5.06. The van der Waals surface area contributed by atoms with Gasteiger partial charge in [0.05, 0.1) is 13.2 Å². The molecule has 4 heteroatoms. The minimum absolute atomic E-state index is 0.216. The van der Waals surface area contributed by atoms with Crippen LogP contribution in [0.3, 0.4) is 0 Å². The molecule has 0 saturated carbocycles. The summed E-state index contributed by atoms with van der Waals surface area (Å²) in [7, 11) is 0. The first kappa shape index (κ1) is 12.8. The van der Waals surface area contributed by atoms with Gasteiger partial charge in [-0.15, -0.1) is 11.3 Å². The van der Waals surface area contributed by atoms with Gasteiger partial charge in [0.25, 0.3) is 0 Å². The van der Waals surface area contributed by atoms with E-state index in [9.17, 15) is 0 Å². The minimum atomic E-state index is -0.216. The van der Waals surface area contributed by atoms with E-state index in [1.807, 2.05) is 0 Å². The maximum atomic E-state index is 5.51. The summed E-state index contributed by atoms with van der Waals surface area (Å²) < 4.78 is 11.0. The van der Waals surface area contributed by atoms with Crippen LogP contribution in [0.4, 0.5) is 0 Å². The molecule has 1 saturated heterocycles. The van der Waals surface area contributed by atoms with Gasteiger partial charge in [-0.3, -0.25) is 0 Å². The normalized spacial score (nSPS) is 18.3. The van der Waals surface area contributed by atoms with E-state index in [2.05, 4.69) is 53.7 Å². The van der Waals surface area contributed by atoms with Gasteiger partial charge in [0.15, 0.2) is 6.29 Å². The average molecular weight is 297 g/mol. The zero-order valence-electron chi connectivity index (χ0n) is 11.5. The lowest BCUT2D eigenvalue weighted by Gasteiger charge is -2.19. The summed E-state index contributed by atoms with van der Waals surface area (Å²) in [5.41, 5.74) is 5.42. The molecular formula is C17H15NO2S. The Labute approximate surface area is 127 Å². The van der Waals surface area contributed by atoms with E-state index in [0.29, 0.717) is 13.2 Å². The van der Waals surface area contributed by atoms with Crippen molar-refractivity contribution in [3.05, 3.63) is 63.9 Å². The van der Waals surface area contributed by atoms with Crippen molar-refractivity contribution in [3.63, 3.8) is 0 Å². The molecule has 2 aliphatic rings. The Kier molecular flexibility index (Phi) is 3.15. The van der Waals surface area contributed by atoms with Crippen LogP contribution in [0.1, 0.15) is 27.9 Å². The Balaban J connectivity index is 1.64. The SMILES string of the molecule is C=C1NC(c2ccc(C3OCCO3)cc2)=Cc2sccc21. The summed E-state index contributed by atoms with van der Waals surface area (Å²) in [5, 5.41) is 5.47. The van der Waals surface area contributed by atoms with Gasteiger partial charge >= 0.3 is 0 Å². The first-order valence-corrected chi connectivity index (χ1v) is 7.78. The summed E-state index contributed by atoms with van der Waals surface area (Å²) in [5.74, 6) is 0. The van der Waals surface area contributed by atoms with E-state index >= 15 is 0 Å². The average Bonchev–Trinajstić information content (AvgIpc) is 3.19. The van der Waals surface area contributed by atoms with Gasteiger partial charge in [-0.05, 0) is 23.1 Å². The lowest BCUT2D eigenvalue weighted by molar-refractivity contribution is -0.0441. The highest BCUT2D eigenvalue weighted by atomic mass is 32.1. The lowest BCUT2D eigenvalue weighted by Crippen LogP contribution is -2.13. The maximum absolute atomic E-state index is 5.51. The van der Waals surface area contributed by atoms with Gasteiger partial charge in [0.1, 0.15) is 0 Å². The molecule has 0 spiro atoms. The number of hydrogen-bond donors (Lipinski definition) is 1. The molecule has 0 amide bonds. The zero-order chi connectivity index (χ0) is 14.2. The van der Waals surface area contributed by atoms with E-state index in [1.54, 1.807) is 11.3 Å². The molecule has 106 valence electrons. The van der Waals surface area contributed by atoms with Gasteiger partial charge in [-0.1, -0.05) is 30.8 Å². The molecule has 4 rings (SSSR count). The third-order valence-electron chi connectivity index (χ3n) is 3.70. The summed E-state index contributed by atoms with van der Waals surface area (Å²) in [4.78, 5) is 1.25. The number of ether oxygens (including phenoxy) is 2. The van der Waals surface area contributed by atoms with Crippen LogP contribution in [0.5, 0.6) is 0 Å². The summed E-state index contributed by atoms with van der Waals surface area (Å²) >= 11 is 1.73. The smallest absolute Gasteiger partial charge is 0.184 e. The maximum Gasteiger partial charge on any atom is 0.184 e. The quantitative estimate of drug-likeness (QED) is 0.913. The highest BCUT2D eigenvalue weighted by molar-refractivity contribution is 7.11. The molecule has 0 aliphatic carbocycles. The van der Waals surface area contributed by atoms with Gasteiger partial charge in [-0.2, -0.15) is 0 Å². The van der Waals surface area contributed by atoms with Crippen LogP contribution < -0.4 is 5.32 Å². The van der Waals surface area contributed by atoms with Gasteiger partial charge in [-0.25, -0.2) is 0 Å². The Hall–Kier alpha value is -1.88. The Morgan fingerprint density at radius 3 is 2.62 bits per heavy atom. The Morgan fingerprint density at radius 2 is 1.86 bits per heavy atom. The first-order valence-electron chi connectivity index (χ1n) is 6.90. The number of rotatable bonds is 2. The van der Waals surface area contributed by atoms with E-state index in [-0.39, 0.29) is 6.29 Å². The molecule has 3 nitrogen and oxygen atoms in total. The van der Waals surface area contributed by atoms with Crippen LogP contribution in [0, 0.1) is 0 Å². The van der Waals surface area contributed by atoms with Gasteiger partial charge in [0.2, 0.25) is 0 Å². The number of benzene rings is 1. The largest absolute Gasteiger partial charge is 0.355 e. The predicted molar refractivity (Wildman–Crippen MR) is 85.4 cm³/mol. The van der Waals surface area contributed by atoms with Crippen LogP contribution >= 0.6 is 11.3 Å². The molecule has 0 atom stereocenters. The fraction of sp³-hybridized carbons (Fsp3) is 0.176. The molecule has 0 bridgehead atoms. The highest BCUT2D eigenvalue weighted by Crippen LogP contribution is 2.33. The van der Waals surface area contributed by atoms with Crippen LogP contribution in [0.15, 0.2) is 42.3 Å². The van der Waals surface area contributed by atoms with Crippen molar-refractivity contribution in [3.8, 4) is 0 Å². The second-order valence-corrected chi connectivity index (χ2v) is 6.00. The van der Waals surface area contributed by atoms with Crippen molar-refractivity contribution in [2.45, 2.75) is 6.29 Å². The van der Waals surface area contributed by atoms with Crippen LogP contribution in [0.2, 0.25) is 0 Å². The number of nitrogens with one attached hydrogen (secondary N) is 1. The van der Waals surface area contributed by atoms with E-state index < -0.39 is 0 Å². The zero-order valence-corrected chi connectivity index (χ0v) is 12.3. The molecule has 0 radical (unpaired) electrons. The van der Waals surface area contributed by atoms with Crippen molar-refractivity contribution >= 4 is 28.8 Å². The fourth-order valence-electron chi connectivity index (χ4n) is 2.61. The highest BCUT2D eigenvalue weighted by Gasteiger charge is 2.19. The number of fused-ring (bicyclic) bond motifs is 1. The van der Waals surface area contributed by atoms with E-state index in [4.69, 9.17) is 9.47 Å². The lowest BCUT2D eigenvalue weighted by atomic mass is 10.0. The summed E-state index contributed by atoms with van der Waals surface area (Å²) in [6, 6.07) is 10.4. The molecule has 21 heavy (non-hydrogen) atoms. The van der Waals surface area contributed by atoms with Crippen LogP contribution in [-0.2, 0) is 9.47 Å². The molecule has 1 fully saturated rings. The van der Waals surface area contributed by atoms with Gasteiger partial charge < -0.3 is 14.8 Å². The third kappa shape index (κ3) is 2.31. The second kappa shape index (κ2) is 5.15. The van der Waals surface area contributed by atoms with Crippen molar-refractivity contribution in [1.82, 2.24) is 5.32 Å². The van der Waals surface area contributed by atoms with Crippen molar-refractivity contribution in [2.75, 3.05) is 13.2 Å². The Bertz CT molecular complexity index is 709. The first-order chi connectivity index (χ1) is 10.3. The molecule has 2 aromatic rings. The molecule has 0 unspecified atom stereocenters. The summed E-state index contributed by atoms with van der Waals surface area (Å²) in [6.07, 6.45) is 1.96. The molecule has 3 heterocycles. The van der Waals surface area contributed by atoms with Crippen molar-refractivity contribution in [2.24, 2.45) is 0 Å². The van der Waals surface area contributed by atoms with Crippen LogP contribution in [-0.4, -0.2) is 13.2 Å². The molecular weight excluding hydrogens is 282 g/mol. The van der Waals surface area contributed by atoms with Crippen molar-refractivity contribution < 1.29 is 9.47 Å². The van der Waals surface area contributed by atoms with Crippen molar-refractivity contribution in [1.29, 1.82) is 0 Å². The third-order valence-corrected chi connectivity index (χ3v) is 4.56. The predicted octanol–water partition coefficient (Wildman–Crippen LogP) is 3.87. The summed E-state index contributed by atoms with van der Waals surface area (Å²) in [6.45, 7) is 5.43. The molecule has 1 aromatic carbocycles. The standard InChI is InChI=1S/C17H15NO2S/c1-11-14-6-9-21-16(14)10-15(18-11)12-2-4-13(5-3-12)17-19-7-8-20-17/h2-6,9-10,17-18H,1,7-8H2. The molecule has 2 aliphatic heterocycles. The van der Waals surface area contributed by atoms with Crippen LogP contribution in [0.25, 0.3) is 17.5 Å². The Morgan fingerprint density at radius 1 is 1.10 bits per heavy atom. The van der Waals surface area contributed by atoms with E-state index in [1.165, 1.54) is 10.4 Å². The fourth-order valence-corrected chi connectivity index (χ4v) is 3.46. The van der Waals surface area contributed by atoms with Gasteiger partial charge in [0, 0.05) is 27.4 Å². The van der Waals surface area contributed by atoms with E-state index in [0.717, 1.165) is 22.5 Å². The molecule has 1 N–H and O–H groups in total. The minimum Gasteiger partial charge on any atom is -0.355 e. The molecule has 1 aromatic heterocycles. The monoisotopic (exact) mass is 297 g/mol. The number of hydrogen-bond acceptors (Lipinski definition) is 4.